The van der Waals surface area contributed by atoms with Crippen molar-refractivity contribution in [2.24, 2.45) is 0 Å². The Balaban J connectivity index is 1.98. The Kier molecular flexibility index (Phi) is 4.39. The van der Waals surface area contributed by atoms with Crippen LogP contribution in [-0.4, -0.2) is 17.0 Å². The lowest BCUT2D eigenvalue weighted by molar-refractivity contribution is -0.122. The standard InChI is InChI=1S/C15H18N2O2S/c1-9-5-6-13(7-10(9)2)19-12(4)14(18)17-15-16-8-11(3)20-15/h5-8,12H,1-4H3,(H,16,17,18). The minimum absolute atomic E-state index is 0.197. The summed E-state index contributed by atoms with van der Waals surface area (Å²) in [4.78, 5) is 17.2. The van der Waals surface area contributed by atoms with Crippen LogP contribution in [0.5, 0.6) is 5.75 Å². The predicted octanol–water partition coefficient (Wildman–Crippen LogP) is 3.47. The molecule has 106 valence electrons. The SMILES string of the molecule is Cc1cnc(NC(=O)C(C)Oc2ccc(C)c(C)c2)s1. The van der Waals surface area contributed by atoms with Gasteiger partial charge in [0.05, 0.1) is 0 Å². The molecule has 1 aromatic carbocycles. The Morgan fingerprint density at radius 1 is 1.30 bits per heavy atom. The fraction of sp³-hybridized carbons (Fsp3) is 0.333. The maximum Gasteiger partial charge on any atom is 0.266 e. The van der Waals surface area contributed by atoms with Gasteiger partial charge in [0.2, 0.25) is 0 Å². The van der Waals surface area contributed by atoms with Crippen LogP contribution >= 0.6 is 11.3 Å². The Morgan fingerprint density at radius 3 is 2.65 bits per heavy atom. The highest BCUT2D eigenvalue weighted by atomic mass is 32.1. The second-order valence-corrected chi connectivity index (χ2v) is 6.01. The third-order valence-corrected chi connectivity index (χ3v) is 3.84. The van der Waals surface area contributed by atoms with Gasteiger partial charge < -0.3 is 4.74 Å². The smallest absolute Gasteiger partial charge is 0.266 e. The van der Waals surface area contributed by atoms with Crippen molar-refractivity contribution in [2.75, 3.05) is 5.32 Å². The van der Waals surface area contributed by atoms with Crippen molar-refractivity contribution in [1.82, 2.24) is 4.98 Å². The molecule has 0 radical (unpaired) electrons. The van der Waals surface area contributed by atoms with Gasteiger partial charge in [0.25, 0.3) is 5.91 Å². The Bertz CT molecular complexity index is 622. The van der Waals surface area contributed by atoms with E-state index < -0.39 is 6.10 Å². The van der Waals surface area contributed by atoms with E-state index >= 15 is 0 Å². The monoisotopic (exact) mass is 290 g/mol. The first kappa shape index (κ1) is 14.5. The third kappa shape index (κ3) is 3.57. The fourth-order valence-corrected chi connectivity index (χ4v) is 2.33. The summed E-state index contributed by atoms with van der Waals surface area (Å²) in [7, 11) is 0. The molecule has 1 amide bonds. The number of anilines is 1. The van der Waals surface area contributed by atoms with Gasteiger partial charge in [-0.25, -0.2) is 4.98 Å². The van der Waals surface area contributed by atoms with Crippen LogP contribution in [0.3, 0.4) is 0 Å². The van der Waals surface area contributed by atoms with E-state index in [1.165, 1.54) is 16.9 Å². The van der Waals surface area contributed by atoms with E-state index in [1.54, 1.807) is 13.1 Å². The lowest BCUT2D eigenvalue weighted by Crippen LogP contribution is -2.30. The molecule has 1 heterocycles. The number of rotatable bonds is 4. The number of ether oxygens (including phenoxy) is 1. The number of hydrogen-bond donors (Lipinski definition) is 1. The number of carbonyl (C=O) groups excluding carboxylic acids is 1. The molecule has 1 atom stereocenters. The van der Waals surface area contributed by atoms with Crippen molar-refractivity contribution in [1.29, 1.82) is 0 Å². The molecule has 0 fully saturated rings. The fourth-order valence-electron chi connectivity index (χ4n) is 1.66. The topological polar surface area (TPSA) is 51.2 Å². The number of nitrogens with zero attached hydrogens (tertiary/aromatic N) is 1. The first-order chi connectivity index (χ1) is 9.45. The van der Waals surface area contributed by atoms with Gasteiger partial charge in [0.1, 0.15) is 5.75 Å². The molecule has 20 heavy (non-hydrogen) atoms. The molecule has 0 aliphatic heterocycles. The lowest BCUT2D eigenvalue weighted by Gasteiger charge is -2.14. The van der Waals surface area contributed by atoms with Crippen LogP contribution in [-0.2, 0) is 4.79 Å². The molecular weight excluding hydrogens is 272 g/mol. The normalized spacial score (nSPS) is 12.0. The molecule has 1 N–H and O–H groups in total. The maximum atomic E-state index is 12.0. The first-order valence-electron chi connectivity index (χ1n) is 6.43. The summed E-state index contributed by atoms with van der Waals surface area (Å²) in [6, 6.07) is 5.80. The van der Waals surface area contributed by atoms with Crippen LogP contribution in [0.15, 0.2) is 24.4 Å². The van der Waals surface area contributed by atoms with E-state index in [0.29, 0.717) is 10.9 Å². The third-order valence-electron chi connectivity index (χ3n) is 3.01. The summed E-state index contributed by atoms with van der Waals surface area (Å²) in [5.41, 5.74) is 2.35. The zero-order valence-corrected chi connectivity index (χ0v) is 12.9. The Hall–Kier alpha value is -1.88. The lowest BCUT2D eigenvalue weighted by atomic mass is 10.1. The van der Waals surface area contributed by atoms with E-state index in [-0.39, 0.29) is 5.91 Å². The summed E-state index contributed by atoms with van der Waals surface area (Å²) < 4.78 is 5.66. The number of amides is 1. The number of benzene rings is 1. The number of aromatic nitrogens is 1. The molecule has 0 spiro atoms. The maximum absolute atomic E-state index is 12.0. The van der Waals surface area contributed by atoms with Crippen LogP contribution in [0.4, 0.5) is 5.13 Å². The van der Waals surface area contributed by atoms with E-state index in [0.717, 1.165) is 10.4 Å². The van der Waals surface area contributed by atoms with Gasteiger partial charge in [0, 0.05) is 11.1 Å². The summed E-state index contributed by atoms with van der Waals surface area (Å²) in [6.45, 7) is 7.73. The van der Waals surface area contributed by atoms with Crippen molar-refractivity contribution in [2.45, 2.75) is 33.8 Å². The molecule has 4 nitrogen and oxygen atoms in total. The van der Waals surface area contributed by atoms with Crippen molar-refractivity contribution in [3.8, 4) is 5.75 Å². The average Bonchev–Trinajstić information content (AvgIpc) is 2.79. The zero-order valence-electron chi connectivity index (χ0n) is 12.1. The second kappa shape index (κ2) is 6.05. The van der Waals surface area contributed by atoms with Gasteiger partial charge in [-0.3, -0.25) is 10.1 Å². The van der Waals surface area contributed by atoms with Crippen LogP contribution in [0.2, 0.25) is 0 Å². The highest BCUT2D eigenvalue weighted by Gasteiger charge is 2.16. The van der Waals surface area contributed by atoms with Crippen molar-refractivity contribution < 1.29 is 9.53 Å². The zero-order chi connectivity index (χ0) is 14.7. The van der Waals surface area contributed by atoms with Gasteiger partial charge in [-0.1, -0.05) is 6.07 Å². The van der Waals surface area contributed by atoms with Crippen LogP contribution in [0, 0.1) is 20.8 Å². The number of aryl methyl sites for hydroxylation is 3. The molecule has 0 saturated heterocycles. The number of hydrogen-bond acceptors (Lipinski definition) is 4. The molecule has 0 saturated carbocycles. The van der Waals surface area contributed by atoms with E-state index in [1.807, 2.05) is 39.0 Å². The second-order valence-electron chi connectivity index (χ2n) is 4.77. The molecular formula is C15H18N2O2S. The number of thiazole rings is 1. The Morgan fingerprint density at radius 2 is 2.05 bits per heavy atom. The first-order valence-corrected chi connectivity index (χ1v) is 7.24. The molecule has 5 heteroatoms. The van der Waals surface area contributed by atoms with Crippen molar-refractivity contribution >= 4 is 22.4 Å². The summed E-state index contributed by atoms with van der Waals surface area (Å²) in [5.74, 6) is 0.503. The summed E-state index contributed by atoms with van der Waals surface area (Å²) >= 11 is 1.45. The van der Waals surface area contributed by atoms with Crippen LogP contribution < -0.4 is 10.1 Å². The van der Waals surface area contributed by atoms with Gasteiger partial charge in [-0.05, 0) is 51.0 Å². The van der Waals surface area contributed by atoms with Gasteiger partial charge >= 0.3 is 0 Å². The summed E-state index contributed by atoms with van der Waals surface area (Å²) in [6.07, 6.45) is 1.16. The van der Waals surface area contributed by atoms with Crippen LogP contribution in [0.25, 0.3) is 0 Å². The number of nitrogens with one attached hydrogen (secondary N) is 1. The highest BCUT2D eigenvalue weighted by molar-refractivity contribution is 7.15. The molecule has 0 aliphatic carbocycles. The molecule has 2 aromatic rings. The molecule has 1 aromatic heterocycles. The van der Waals surface area contributed by atoms with Crippen LogP contribution in [0.1, 0.15) is 22.9 Å². The predicted molar refractivity (Wildman–Crippen MR) is 81.5 cm³/mol. The minimum Gasteiger partial charge on any atom is -0.481 e. The summed E-state index contributed by atoms with van der Waals surface area (Å²) in [5, 5.41) is 3.35. The van der Waals surface area contributed by atoms with Crippen molar-refractivity contribution in [3.63, 3.8) is 0 Å². The highest BCUT2D eigenvalue weighted by Crippen LogP contribution is 2.19. The quantitative estimate of drug-likeness (QED) is 0.938. The van der Waals surface area contributed by atoms with Gasteiger partial charge in [-0.2, -0.15) is 0 Å². The van der Waals surface area contributed by atoms with Gasteiger partial charge in [0.15, 0.2) is 11.2 Å². The number of carbonyl (C=O) groups is 1. The van der Waals surface area contributed by atoms with E-state index in [2.05, 4.69) is 10.3 Å². The average molecular weight is 290 g/mol. The van der Waals surface area contributed by atoms with E-state index in [9.17, 15) is 4.79 Å². The molecule has 0 aliphatic rings. The molecule has 2 rings (SSSR count). The molecule has 1 unspecified atom stereocenters. The largest absolute Gasteiger partial charge is 0.481 e. The minimum atomic E-state index is -0.568. The molecule has 0 bridgehead atoms. The Labute approximate surface area is 122 Å². The van der Waals surface area contributed by atoms with E-state index in [4.69, 9.17) is 4.74 Å². The van der Waals surface area contributed by atoms with Crippen molar-refractivity contribution in [3.05, 3.63) is 40.4 Å². The van der Waals surface area contributed by atoms with Gasteiger partial charge in [-0.15, -0.1) is 11.3 Å².